The number of carbonyl (C=O) groups excluding carboxylic acids is 5. The number of ketones is 1. The van der Waals surface area contributed by atoms with Crippen LogP contribution in [0, 0.1) is 19.8 Å². The Balaban J connectivity index is 0.000000202. The van der Waals surface area contributed by atoms with Crippen molar-refractivity contribution in [3.05, 3.63) is 141 Å². The van der Waals surface area contributed by atoms with E-state index in [1.165, 1.54) is 17.2 Å². The smallest absolute Gasteiger partial charge is 0.256 e. The molecule has 3 aliphatic heterocycles. The lowest BCUT2D eigenvalue weighted by atomic mass is 9.93. The highest BCUT2D eigenvalue weighted by atomic mass is 79.9. The molecule has 5 heterocycles. The van der Waals surface area contributed by atoms with E-state index in [2.05, 4.69) is 86.9 Å². The summed E-state index contributed by atoms with van der Waals surface area (Å²) in [6.07, 6.45) is 6.83. The van der Waals surface area contributed by atoms with E-state index in [1.54, 1.807) is 17.2 Å². The number of benzene rings is 3. The summed E-state index contributed by atoms with van der Waals surface area (Å²) in [5.74, 6) is 0.177. The van der Waals surface area contributed by atoms with Gasteiger partial charge in [0.2, 0.25) is 11.8 Å². The molecule has 0 spiro atoms. The van der Waals surface area contributed by atoms with Crippen molar-refractivity contribution in [1.29, 1.82) is 0 Å². The highest BCUT2D eigenvalue weighted by Crippen LogP contribution is 2.36. The maximum atomic E-state index is 14.1. The molecular formula is C48H50Br2N6O5. The highest BCUT2D eigenvalue weighted by molar-refractivity contribution is 9.10. The summed E-state index contributed by atoms with van der Waals surface area (Å²) in [5.41, 5.74) is 8.27. The van der Waals surface area contributed by atoms with Gasteiger partial charge in [-0.05, 0) is 86.4 Å². The van der Waals surface area contributed by atoms with Gasteiger partial charge < -0.3 is 29.2 Å². The lowest BCUT2D eigenvalue weighted by Gasteiger charge is -2.41. The topological polar surface area (TPSA) is 117 Å². The van der Waals surface area contributed by atoms with Crippen LogP contribution in [-0.2, 0) is 33.9 Å². The minimum absolute atomic E-state index is 0.0127. The molecule has 0 radical (unpaired) electrons. The fourth-order valence-corrected chi connectivity index (χ4v) is 9.83. The number of nitrogens with zero attached hydrogens (tertiary/aromatic N) is 5. The van der Waals surface area contributed by atoms with E-state index in [0.29, 0.717) is 37.2 Å². The van der Waals surface area contributed by atoms with Crippen LogP contribution in [0.2, 0.25) is 0 Å². The average Bonchev–Trinajstić information content (AvgIpc) is 3.69. The predicted molar refractivity (Wildman–Crippen MR) is 246 cm³/mol. The Kier molecular flexibility index (Phi) is 13.0. The van der Waals surface area contributed by atoms with Crippen molar-refractivity contribution in [3.63, 3.8) is 0 Å². The summed E-state index contributed by atoms with van der Waals surface area (Å²) in [4.78, 5) is 67.9. The van der Waals surface area contributed by atoms with Crippen molar-refractivity contribution in [2.24, 2.45) is 5.92 Å². The van der Waals surface area contributed by atoms with Gasteiger partial charge in [0.15, 0.2) is 12.1 Å². The number of likely N-dealkylation sites (tertiary alicyclic amines) is 2. The first-order valence-electron chi connectivity index (χ1n) is 20.4. The van der Waals surface area contributed by atoms with Crippen molar-refractivity contribution in [1.82, 2.24) is 29.2 Å². The number of aromatic nitrogens is 2. The van der Waals surface area contributed by atoms with Crippen LogP contribution in [0.3, 0.4) is 0 Å². The number of carbonyl (C=O) groups is 5. The molecule has 0 aliphatic carbocycles. The standard InChI is InChI=1S/C30H33BrN4O2.C18H17BrN2O3/c1-6-19(3)33-15-24(16-33)32-27(36)17-35-21(5)28(26-14-23(31)13-18(2)29(26)35)30(37)34-12-11-22-9-7-8-10-25(22)20(34)4;1-2-18(24)21-7-12(8-21)5-15(23)10-20-9-13(11-22)16-6-14(19)3-4-17(16)20/h6-10,13-14,20,24H,1,3,11-12,15-17H2,2,4-5H3,(H,32,36);2-4,6,9,11-12H,1,5,7-8,10H2. The van der Waals surface area contributed by atoms with E-state index in [9.17, 15) is 24.0 Å². The first kappa shape index (κ1) is 43.6. The monoisotopic (exact) mass is 948 g/mol. The second-order valence-corrected chi connectivity index (χ2v) is 18.0. The molecule has 61 heavy (non-hydrogen) atoms. The van der Waals surface area contributed by atoms with Gasteiger partial charge in [0.05, 0.1) is 29.7 Å². The molecule has 2 fully saturated rings. The minimum atomic E-state index is -0.0868. The maximum absolute atomic E-state index is 14.1. The number of aldehydes is 1. The van der Waals surface area contributed by atoms with Gasteiger partial charge in [-0.2, -0.15) is 0 Å². The van der Waals surface area contributed by atoms with Crippen LogP contribution in [-0.4, -0.2) is 92.4 Å². The van der Waals surface area contributed by atoms with Gasteiger partial charge in [0.1, 0.15) is 6.54 Å². The molecule has 316 valence electrons. The number of halogens is 2. The van der Waals surface area contributed by atoms with E-state index in [-0.39, 0.29) is 54.6 Å². The highest BCUT2D eigenvalue weighted by Gasteiger charge is 2.34. The van der Waals surface area contributed by atoms with Crippen LogP contribution < -0.4 is 5.32 Å². The van der Waals surface area contributed by atoms with Crippen molar-refractivity contribution >= 4 is 83.5 Å². The minimum Gasteiger partial charge on any atom is -0.368 e. The van der Waals surface area contributed by atoms with Gasteiger partial charge in [-0.1, -0.05) is 75.9 Å². The number of nitrogens with one attached hydrogen (secondary N) is 1. The Labute approximate surface area is 373 Å². The number of Topliss-reactive ketones (excluding diaryl/α,β-unsaturated/α-hetero) is 1. The summed E-state index contributed by atoms with van der Waals surface area (Å²) in [6, 6.07) is 18.1. The van der Waals surface area contributed by atoms with Gasteiger partial charge in [-0.3, -0.25) is 24.0 Å². The zero-order chi connectivity index (χ0) is 43.7. The molecule has 1 N–H and O–H groups in total. The summed E-state index contributed by atoms with van der Waals surface area (Å²) in [5, 5.41) is 4.85. The summed E-state index contributed by atoms with van der Waals surface area (Å²) < 4.78 is 5.63. The van der Waals surface area contributed by atoms with Gasteiger partial charge >= 0.3 is 0 Å². The van der Waals surface area contributed by atoms with Crippen molar-refractivity contribution < 1.29 is 24.0 Å². The molecule has 3 aliphatic rings. The maximum Gasteiger partial charge on any atom is 0.256 e. The Morgan fingerprint density at radius 1 is 0.885 bits per heavy atom. The Morgan fingerprint density at radius 3 is 2.31 bits per heavy atom. The van der Waals surface area contributed by atoms with E-state index in [1.807, 2.05) is 64.3 Å². The van der Waals surface area contributed by atoms with Crippen molar-refractivity contribution in [2.75, 3.05) is 32.7 Å². The molecule has 5 aromatic rings. The number of hydrogen-bond donors (Lipinski definition) is 1. The van der Waals surface area contributed by atoms with Crippen LogP contribution in [0.4, 0.5) is 0 Å². The Bertz CT molecular complexity index is 2610. The third-order valence-electron chi connectivity index (χ3n) is 12.1. The molecule has 13 heteroatoms. The quantitative estimate of drug-likeness (QED) is 0.0768. The molecule has 3 aromatic carbocycles. The normalized spacial score (nSPS) is 16.2. The Hall–Kier alpha value is -5.53. The van der Waals surface area contributed by atoms with E-state index < -0.39 is 0 Å². The molecule has 0 bridgehead atoms. The molecule has 3 amide bonds. The van der Waals surface area contributed by atoms with Crippen LogP contribution >= 0.6 is 31.9 Å². The number of hydrogen-bond acceptors (Lipinski definition) is 6. The molecule has 1 unspecified atom stereocenters. The number of amides is 3. The second-order valence-electron chi connectivity index (χ2n) is 16.2. The molecule has 2 aromatic heterocycles. The summed E-state index contributed by atoms with van der Waals surface area (Å²) in [7, 11) is 0. The van der Waals surface area contributed by atoms with Crippen molar-refractivity contribution in [2.45, 2.75) is 58.8 Å². The van der Waals surface area contributed by atoms with Gasteiger partial charge in [-0.15, -0.1) is 0 Å². The third kappa shape index (κ3) is 8.95. The summed E-state index contributed by atoms with van der Waals surface area (Å²) in [6.45, 7) is 21.0. The van der Waals surface area contributed by atoms with Crippen LogP contribution in [0.5, 0.6) is 0 Å². The van der Waals surface area contributed by atoms with E-state index in [4.69, 9.17) is 0 Å². The first-order valence-corrected chi connectivity index (χ1v) is 22.0. The van der Waals surface area contributed by atoms with E-state index >= 15 is 0 Å². The molecule has 1 atom stereocenters. The summed E-state index contributed by atoms with van der Waals surface area (Å²) >= 11 is 7.02. The van der Waals surface area contributed by atoms with Gasteiger partial charge in [-0.25, -0.2) is 0 Å². The molecular weight excluding hydrogens is 900 g/mol. The zero-order valence-electron chi connectivity index (χ0n) is 34.8. The third-order valence-corrected chi connectivity index (χ3v) is 13.1. The SMILES string of the molecule is C=CC(=C)N1CC(NC(=O)Cn2c(C)c(C(=O)N3CCc4ccccc4C3C)c3cc(Br)cc(C)c32)C1.C=CC(=O)N1CC(CC(=O)Cn2cc(C=O)c3cc(Br)ccc32)C1. The largest absolute Gasteiger partial charge is 0.368 e. The first-order chi connectivity index (χ1) is 29.2. The average molecular weight is 951 g/mol. The second kappa shape index (κ2) is 18.2. The number of aryl methyl sites for hydroxylation is 1. The van der Waals surface area contributed by atoms with Gasteiger partial charge in [0.25, 0.3) is 5.91 Å². The lowest BCUT2D eigenvalue weighted by molar-refractivity contribution is -0.134. The molecule has 2 saturated heterocycles. The lowest BCUT2D eigenvalue weighted by Crippen LogP contribution is -2.58. The Morgan fingerprint density at radius 2 is 1.61 bits per heavy atom. The van der Waals surface area contributed by atoms with Crippen LogP contribution in [0.1, 0.15) is 62.5 Å². The number of allylic oxidation sites excluding steroid dienone is 1. The predicted octanol–water partition coefficient (Wildman–Crippen LogP) is 8.10. The fraction of sp³-hybridized carbons (Fsp3) is 0.312. The molecule has 8 rings (SSSR count). The number of rotatable bonds is 12. The number of fused-ring (bicyclic) bond motifs is 3. The van der Waals surface area contributed by atoms with Crippen LogP contribution in [0.15, 0.2) is 107 Å². The zero-order valence-corrected chi connectivity index (χ0v) is 37.9. The van der Waals surface area contributed by atoms with Crippen molar-refractivity contribution in [3.8, 4) is 0 Å². The van der Waals surface area contributed by atoms with E-state index in [0.717, 1.165) is 73.5 Å². The molecule has 11 nitrogen and oxygen atoms in total. The van der Waals surface area contributed by atoms with Gasteiger partial charge in [0, 0.05) is 93.4 Å². The fourth-order valence-electron chi connectivity index (χ4n) is 8.90. The molecule has 0 saturated carbocycles. The van der Waals surface area contributed by atoms with Crippen LogP contribution in [0.25, 0.3) is 21.8 Å².